The minimum absolute atomic E-state index is 1.09. The second-order valence-electron chi connectivity index (χ2n) is 33.3. The third-order valence-electron chi connectivity index (χ3n) is 26.6. The van der Waals surface area contributed by atoms with Gasteiger partial charge in [0.25, 0.3) is 0 Å². The molecule has 5 aliphatic rings. The Hall–Kier alpha value is -14.0. The first-order valence-electron chi connectivity index (χ1n) is 42.9. The molecule has 0 spiro atoms. The Morgan fingerprint density at radius 1 is 0.142 bits per heavy atom. The van der Waals surface area contributed by atoms with Crippen molar-refractivity contribution in [3.05, 3.63) is 420 Å². The van der Waals surface area contributed by atoms with Crippen LogP contribution in [0.3, 0.4) is 0 Å². The van der Waals surface area contributed by atoms with Gasteiger partial charge in [0, 0.05) is 91.2 Å². The highest BCUT2D eigenvalue weighted by atomic mass is 15.1. The summed E-state index contributed by atoms with van der Waals surface area (Å²) in [6.45, 7) is 0. The lowest BCUT2D eigenvalue weighted by atomic mass is 9.96. The molecule has 5 heterocycles. The van der Waals surface area contributed by atoms with Gasteiger partial charge in [0.15, 0.2) is 0 Å². The molecule has 0 fully saturated rings. The van der Waals surface area contributed by atoms with E-state index in [-0.39, 0.29) is 0 Å². The first-order valence-corrected chi connectivity index (χ1v) is 42.9. The molecule has 0 aromatic heterocycles. The molecule has 0 radical (unpaired) electrons. The number of rotatable bonds is 0. The van der Waals surface area contributed by atoms with E-state index in [1.807, 2.05) is 0 Å². The molecule has 5 heteroatoms. The topological polar surface area (TPSA) is 16.2 Å². The molecule has 0 unspecified atom stereocenters. The maximum atomic E-state index is 2.42. The lowest BCUT2D eigenvalue weighted by molar-refractivity contribution is 0.980. The van der Waals surface area contributed by atoms with Gasteiger partial charge in [0.05, 0.1) is 17.1 Å². The van der Waals surface area contributed by atoms with E-state index < -0.39 is 0 Å². The minimum atomic E-state index is 1.09. The maximum absolute atomic E-state index is 2.42. The molecular weight excluding hydrogens is 1450 g/mol. The van der Waals surface area contributed by atoms with Crippen LogP contribution in [0.5, 0.6) is 0 Å². The van der Waals surface area contributed by atoms with E-state index in [0.29, 0.717) is 0 Å². The Morgan fingerprint density at radius 2 is 0.333 bits per heavy atom. The molecule has 25 rings (SSSR count). The van der Waals surface area contributed by atoms with Crippen LogP contribution in [0.1, 0.15) is 55.6 Å². The Balaban J connectivity index is 0.0000000928. The van der Waals surface area contributed by atoms with Gasteiger partial charge in [0.1, 0.15) is 0 Å². The Kier molecular flexibility index (Phi) is 19.1. The monoisotopic (exact) mass is 1550 g/mol. The fourth-order valence-electron chi connectivity index (χ4n) is 20.6. The van der Waals surface area contributed by atoms with Gasteiger partial charge >= 0.3 is 0 Å². The zero-order chi connectivity index (χ0) is 80.5. The summed E-state index contributed by atoms with van der Waals surface area (Å²) in [7, 11) is 11.0. The van der Waals surface area contributed by atoms with Gasteiger partial charge in [-0.15, -0.1) is 0 Å². The smallest absolute Gasteiger partial charge is 0.0520 e. The number of anilines is 10. The van der Waals surface area contributed by atoms with Crippen molar-refractivity contribution in [1.29, 1.82) is 0 Å². The van der Waals surface area contributed by atoms with Gasteiger partial charge < -0.3 is 24.5 Å². The third-order valence-corrected chi connectivity index (χ3v) is 26.6. The van der Waals surface area contributed by atoms with Crippen molar-refractivity contribution in [1.82, 2.24) is 0 Å². The molecule has 120 heavy (non-hydrogen) atoms. The van der Waals surface area contributed by atoms with Gasteiger partial charge in [-0.3, -0.25) is 0 Å². The first-order chi connectivity index (χ1) is 59.1. The van der Waals surface area contributed by atoms with Gasteiger partial charge in [-0.1, -0.05) is 303 Å². The number of benzene rings is 20. The molecule has 20 aromatic carbocycles. The highest BCUT2D eigenvalue weighted by Crippen LogP contribution is 2.48. The molecule has 0 atom stereocenters. The van der Waals surface area contributed by atoms with E-state index in [1.54, 1.807) is 0 Å². The number of fused-ring (bicyclic) bond motifs is 27. The number of hydrogen-bond donors (Lipinski definition) is 0. The quantitative estimate of drug-likeness (QED) is 0.150. The molecule has 5 aliphatic heterocycles. The summed E-state index contributed by atoms with van der Waals surface area (Å²) in [6.07, 6.45) is 10.9. The van der Waals surface area contributed by atoms with E-state index in [9.17, 15) is 0 Å². The van der Waals surface area contributed by atoms with Crippen molar-refractivity contribution in [2.45, 2.75) is 64.2 Å². The Bertz CT molecular complexity index is 7090. The molecular formula is C115H95N5. The van der Waals surface area contributed by atoms with E-state index in [4.69, 9.17) is 0 Å². The van der Waals surface area contributed by atoms with E-state index in [0.717, 1.165) is 64.2 Å². The van der Waals surface area contributed by atoms with E-state index >= 15 is 0 Å². The molecule has 0 N–H and O–H groups in total. The van der Waals surface area contributed by atoms with Gasteiger partial charge in [0.2, 0.25) is 0 Å². The summed E-state index contributed by atoms with van der Waals surface area (Å²) in [4.78, 5) is 11.9. The average molecular weight is 1550 g/mol. The van der Waals surface area contributed by atoms with Crippen LogP contribution in [0, 0.1) is 0 Å². The molecule has 0 aliphatic carbocycles. The van der Waals surface area contributed by atoms with Crippen LogP contribution in [-0.2, 0) is 64.2 Å². The SMILES string of the molecule is CN1c2c(ccc3ccccc23)CCc2ccc3ccccc3c21.CN1c2cc3ccccc3cc2CCc2c1ccc1ccccc21.CN1c2cc3ccccc3cc2CCc2cc3ccccc3cc21.CN1c2ccc3ccccc3c2CCc2c1ccc1ccccc21.CN1c2ccc3ccccc3c2CCc2ccc3ccccc3c21. The van der Waals surface area contributed by atoms with Gasteiger partial charge in [-0.2, -0.15) is 0 Å². The maximum Gasteiger partial charge on any atom is 0.0520 e. The van der Waals surface area contributed by atoms with E-state index in [2.05, 4.69) is 424 Å². The zero-order valence-electron chi connectivity index (χ0n) is 68.9. The summed E-state index contributed by atoms with van der Waals surface area (Å²) in [5.74, 6) is 0. The van der Waals surface area contributed by atoms with Crippen molar-refractivity contribution < 1.29 is 0 Å². The summed E-state index contributed by atoms with van der Waals surface area (Å²) < 4.78 is 0. The predicted molar refractivity (Wildman–Crippen MR) is 517 cm³/mol. The van der Waals surface area contributed by atoms with Crippen molar-refractivity contribution >= 4 is 165 Å². The first kappa shape index (κ1) is 73.6. The molecule has 0 saturated carbocycles. The van der Waals surface area contributed by atoms with E-state index in [1.165, 1.54) is 220 Å². The largest absolute Gasteiger partial charge is 0.344 e. The highest BCUT2D eigenvalue weighted by molar-refractivity contribution is 6.06. The summed E-state index contributed by atoms with van der Waals surface area (Å²) in [5.41, 5.74) is 28.0. The van der Waals surface area contributed by atoms with Crippen molar-refractivity contribution in [2.75, 3.05) is 59.7 Å². The molecule has 0 saturated heterocycles. The van der Waals surface area contributed by atoms with Crippen LogP contribution in [0.4, 0.5) is 56.9 Å². The van der Waals surface area contributed by atoms with Crippen LogP contribution >= 0.6 is 0 Å². The van der Waals surface area contributed by atoms with Crippen LogP contribution < -0.4 is 24.5 Å². The molecule has 20 aromatic rings. The lowest BCUT2D eigenvalue weighted by Crippen LogP contribution is -2.12. The zero-order valence-corrected chi connectivity index (χ0v) is 68.9. The van der Waals surface area contributed by atoms with Crippen LogP contribution in [0.25, 0.3) is 108 Å². The average Bonchev–Trinajstić information content (AvgIpc) is 1.57. The molecule has 0 bridgehead atoms. The lowest BCUT2D eigenvalue weighted by Gasteiger charge is -2.25. The summed E-state index contributed by atoms with van der Waals surface area (Å²) in [5, 5.41) is 26.8. The summed E-state index contributed by atoms with van der Waals surface area (Å²) >= 11 is 0. The van der Waals surface area contributed by atoms with Crippen molar-refractivity contribution in [3.63, 3.8) is 0 Å². The third kappa shape index (κ3) is 13.3. The number of hydrogen-bond acceptors (Lipinski definition) is 5. The second kappa shape index (κ2) is 31.1. The van der Waals surface area contributed by atoms with Crippen molar-refractivity contribution in [2.24, 2.45) is 0 Å². The Labute approximate surface area is 703 Å². The fourth-order valence-corrected chi connectivity index (χ4v) is 20.6. The normalized spacial score (nSPS) is 13.6. The number of aryl methyl sites for hydroxylation is 10. The standard InChI is InChI=1S/5C23H19N/c1-24-22-14-10-16-6-2-4-8-18(16)20(22)12-13-21-19-9-5-3-7-17(19)11-15-23(21)24;1-24-22-18(12-10-16-6-2-4-8-20(16)22)14-15-19-13-11-17-7-3-5-9-21(17)23(19)24;1-24-22-14-18-8-4-2-6-16(18)12-20(22)10-11-21-13-17-7-3-5-9-19(17)15-23(21)24;1-24-22-15-13-16-6-2-4-8-19(16)21(22)14-12-18-11-10-17-7-3-5-9-20(17)23(18)24;1-24-22-13-11-16-6-4-5-9-20(16)21(22)12-10-19-14-17-7-2-3-8-18(17)15-23(19)24/h2-11,14-15H,12-13H2,1H3;2-13H,14-15H2,1H3;2-9,12-15H,10-11H2,1H3;2-11,13,15H,12,14H2,1H3;2-9,11,13-15H,10,12H2,1H3. The molecule has 0 amide bonds. The minimum Gasteiger partial charge on any atom is -0.344 e. The van der Waals surface area contributed by atoms with Crippen molar-refractivity contribution in [3.8, 4) is 0 Å². The van der Waals surface area contributed by atoms with Gasteiger partial charge in [-0.05, 0) is 272 Å². The molecule has 5 nitrogen and oxygen atoms in total. The van der Waals surface area contributed by atoms with Crippen LogP contribution in [-0.4, -0.2) is 35.2 Å². The second-order valence-corrected chi connectivity index (χ2v) is 33.3. The molecule has 580 valence electrons. The highest BCUT2D eigenvalue weighted by Gasteiger charge is 2.28. The van der Waals surface area contributed by atoms with Crippen LogP contribution in [0.15, 0.2) is 364 Å². The van der Waals surface area contributed by atoms with Crippen LogP contribution in [0.2, 0.25) is 0 Å². The van der Waals surface area contributed by atoms with Gasteiger partial charge in [-0.25, -0.2) is 0 Å². The summed E-state index contributed by atoms with van der Waals surface area (Å²) in [6, 6.07) is 133. The fraction of sp³-hybridized carbons (Fsp3) is 0.130. The number of nitrogens with zero attached hydrogens (tertiary/aromatic N) is 5. The Morgan fingerprint density at radius 3 is 0.642 bits per heavy atom. The predicted octanol–water partition coefficient (Wildman–Crippen LogP) is 29.3.